The van der Waals surface area contributed by atoms with E-state index in [9.17, 15) is 4.79 Å². The van der Waals surface area contributed by atoms with Crippen molar-refractivity contribution in [2.75, 3.05) is 13.2 Å². The van der Waals surface area contributed by atoms with Crippen LogP contribution in [0, 0.1) is 6.92 Å². The van der Waals surface area contributed by atoms with Gasteiger partial charge in [0, 0.05) is 0 Å². The van der Waals surface area contributed by atoms with Gasteiger partial charge in [-0.15, -0.1) is 0 Å². The van der Waals surface area contributed by atoms with Gasteiger partial charge in [0.1, 0.15) is 18.1 Å². The van der Waals surface area contributed by atoms with E-state index in [-0.39, 0.29) is 24.0 Å². The van der Waals surface area contributed by atoms with Gasteiger partial charge in [-0.3, -0.25) is 4.79 Å². The van der Waals surface area contributed by atoms with Gasteiger partial charge in [-0.2, -0.15) is 0 Å². The van der Waals surface area contributed by atoms with E-state index >= 15 is 0 Å². The highest BCUT2D eigenvalue weighted by Gasteiger charge is 2.13. The third-order valence-corrected chi connectivity index (χ3v) is 4.02. The minimum Gasteiger partial charge on any atom is -0.491 e. The summed E-state index contributed by atoms with van der Waals surface area (Å²) in [7, 11) is 0. The Labute approximate surface area is 156 Å². The van der Waals surface area contributed by atoms with Crippen LogP contribution in [0.15, 0.2) is 48.5 Å². The molecule has 0 aromatic heterocycles. The molecule has 0 fully saturated rings. The number of ether oxygens (including phenoxy) is 2. The molecule has 2 aromatic rings. The smallest absolute Gasteiger partial charge is 0.258 e. The zero-order valence-electron chi connectivity index (χ0n) is 16.3. The highest BCUT2D eigenvalue weighted by molar-refractivity contribution is 5.77. The summed E-state index contributed by atoms with van der Waals surface area (Å²) in [5.74, 6) is 1.33. The maximum Gasteiger partial charge on any atom is 0.258 e. The van der Waals surface area contributed by atoms with Crippen LogP contribution < -0.4 is 14.8 Å². The van der Waals surface area contributed by atoms with Crippen molar-refractivity contribution in [3.8, 4) is 11.5 Å². The van der Waals surface area contributed by atoms with Crippen molar-refractivity contribution in [3.05, 3.63) is 59.7 Å². The van der Waals surface area contributed by atoms with Crippen molar-refractivity contribution >= 4 is 5.91 Å². The number of amides is 1. The lowest BCUT2D eigenvalue weighted by molar-refractivity contribution is -0.123. The molecule has 0 heterocycles. The third-order valence-electron chi connectivity index (χ3n) is 4.02. The largest absolute Gasteiger partial charge is 0.491 e. The number of nitrogens with one attached hydrogen (secondary N) is 1. The summed E-state index contributed by atoms with van der Waals surface area (Å²) in [4.78, 5) is 12.0. The van der Waals surface area contributed by atoms with Gasteiger partial charge in [0.2, 0.25) is 0 Å². The quantitative estimate of drug-likeness (QED) is 0.807. The molecule has 1 atom stereocenters. The molecule has 0 spiro atoms. The van der Waals surface area contributed by atoms with E-state index in [1.165, 1.54) is 11.1 Å². The van der Waals surface area contributed by atoms with Crippen LogP contribution in [0.4, 0.5) is 0 Å². The molecule has 1 N–H and O–H groups in total. The second-order valence-electron chi connectivity index (χ2n) is 7.66. The number of aryl methyl sites for hydroxylation is 1. The van der Waals surface area contributed by atoms with Gasteiger partial charge >= 0.3 is 0 Å². The van der Waals surface area contributed by atoms with Crippen molar-refractivity contribution in [3.63, 3.8) is 0 Å². The molecule has 2 rings (SSSR count). The second-order valence-corrected chi connectivity index (χ2v) is 7.66. The van der Waals surface area contributed by atoms with Crippen LogP contribution in [0.3, 0.4) is 0 Å². The molecule has 0 aliphatic carbocycles. The third kappa shape index (κ3) is 6.43. The second kappa shape index (κ2) is 8.75. The van der Waals surface area contributed by atoms with Crippen LogP contribution in [0.2, 0.25) is 0 Å². The maximum atomic E-state index is 12.0. The Morgan fingerprint density at radius 1 is 0.962 bits per heavy atom. The molecule has 0 unspecified atom stereocenters. The van der Waals surface area contributed by atoms with E-state index in [0.29, 0.717) is 12.4 Å². The molecule has 2 aromatic carbocycles. The Balaban J connectivity index is 1.73. The molecule has 0 saturated carbocycles. The average molecular weight is 355 g/mol. The van der Waals surface area contributed by atoms with Crippen LogP contribution in [0.1, 0.15) is 38.8 Å². The Morgan fingerprint density at radius 3 is 2.08 bits per heavy atom. The summed E-state index contributed by atoms with van der Waals surface area (Å²) in [6, 6.07) is 15.6. The monoisotopic (exact) mass is 355 g/mol. The summed E-state index contributed by atoms with van der Waals surface area (Å²) < 4.78 is 11.2. The molecular formula is C22H29NO3. The molecule has 0 saturated heterocycles. The number of rotatable bonds is 7. The van der Waals surface area contributed by atoms with Gasteiger partial charge in [-0.25, -0.2) is 0 Å². The molecule has 0 radical (unpaired) electrons. The van der Waals surface area contributed by atoms with E-state index in [4.69, 9.17) is 9.47 Å². The minimum atomic E-state index is -0.162. The van der Waals surface area contributed by atoms with E-state index in [1.54, 1.807) is 0 Å². The number of benzene rings is 2. The van der Waals surface area contributed by atoms with E-state index in [1.807, 2.05) is 62.4 Å². The molecular weight excluding hydrogens is 326 g/mol. The molecule has 0 aliphatic heterocycles. The fraction of sp³-hybridized carbons (Fsp3) is 0.409. The summed E-state index contributed by atoms with van der Waals surface area (Å²) in [5.41, 5.74) is 2.52. The molecule has 0 bridgehead atoms. The van der Waals surface area contributed by atoms with Gasteiger partial charge in [0.25, 0.3) is 5.91 Å². The maximum absolute atomic E-state index is 12.0. The van der Waals surface area contributed by atoms with Crippen LogP contribution in [-0.4, -0.2) is 25.2 Å². The predicted octanol–water partition coefficient (Wildman–Crippen LogP) is 4.26. The summed E-state index contributed by atoms with van der Waals surface area (Å²) in [6.07, 6.45) is 0. The summed E-state index contributed by atoms with van der Waals surface area (Å²) in [5, 5.41) is 2.88. The Bertz CT molecular complexity index is 700. The fourth-order valence-electron chi connectivity index (χ4n) is 2.41. The standard InChI is InChI=1S/C22H29NO3/c1-16-6-10-19(11-7-16)25-14-17(2)23-21(24)15-26-20-12-8-18(9-13-20)22(3,4)5/h6-13,17H,14-15H2,1-5H3,(H,23,24)/t17-/m0/s1. The van der Waals surface area contributed by atoms with Crippen LogP contribution >= 0.6 is 0 Å². The number of hydrogen-bond acceptors (Lipinski definition) is 3. The van der Waals surface area contributed by atoms with Crippen molar-refractivity contribution in [1.29, 1.82) is 0 Å². The van der Waals surface area contributed by atoms with Crippen molar-refractivity contribution < 1.29 is 14.3 Å². The van der Waals surface area contributed by atoms with Crippen LogP contribution in [-0.2, 0) is 10.2 Å². The fourth-order valence-corrected chi connectivity index (χ4v) is 2.41. The predicted molar refractivity (Wildman–Crippen MR) is 105 cm³/mol. The van der Waals surface area contributed by atoms with E-state index < -0.39 is 0 Å². The molecule has 1 amide bonds. The average Bonchev–Trinajstić information content (AvgIpc) is 2.59. The molecule has 26 heavy (non-hydrogen) atoms. The number of hydrogen-bond donors (Lipinski definition) is 1. The molecule has 140 valence electrons. The van der Waals surface area contributed by atoms with Crippen LogP contribution in [0.25, 0.3) is 0 Å². The lowest BCUT2D eigenvalue weighted by Crippen LogP contribution is -2.39. The zero-order chi connectivity index (χ0) is 19.2. The van der Waals surface area contributed by atoms with Crippen LogP contribution in [0.5, 0.6) is 11.5 Å². The Hall–Kier alpha value is -2.49. The summed E-state index contributed by atoms with van der Waals surface area (Å²) in [6.45, 7) is 10.8. The number of carbonyl (C=O) groups excluding carboxylic acids is 1. The first-order valence-corrected chi connectivity index (χ1v) is 8.96. The van der Waals surface area contributed by atoms with E-state index in [2.05, 4.69) is 26.1 Å². The van der Waals surface area contributed by atoms with Gasteiger partial charge in [0.05, 0.1) is 6.04 Å². The zero-order valence-corrected chi connectivity index (χ0v) is 16.3. The van der Waals surface area contributed by atoms with Crippen molar-refractivity contribution in [1.82, 2.24) is 5.32 Å². The van der Waals surface area contributed by atoms with E-state index in [0.717, 1.165) is 5.75 Å². The number of carbonyl (C=O) groups is 1. The Morgan fingerprint density at radius 2 is 1.50 bits per heavy atom. The molecule has 0 aliphatic rings. The van der Waals surface area contributed by atoms with Gasteiger partial charge < -0.3 is 14.8 Å². The van der Waals surface area contributed by atoms with Gasteiger partial charge in [-0.05, 0) is 49.1 Å². The Kier molecular flexibility index (Phi) is 6.67. The molecule has 4 nitrogen and oxygen atoms in total. The van der Waals surface area contributed by atoms with Gasteiger partial charge in [-0.1, -0.05) is 50.6 Å². The first-order chi connectivity index (χ1) is 12.2. The SMILES string of the molecule is Cc1ccc(OC[C@H](C)NC(=O)COc2ccc(C(C)(C)C)cc2)cc1. The highest BCUT2D eigenvalue weighted by Crippen LogP contribution is 2.24. The first kappa shape index (κ1) is 19.8. The summed E-state index contributed by atoms with van der Waals surface area (Å²) >= 11 is 0. The minimum absolute atomic E-state index is 0.0102. The van der Waals surface area contributed by atoms with Crippen molar-refractivity contribution in [2.45, 2.75) is 46.1 Å². The van der Waals surface area contributed by atoms with Crippen molar-refractivity contribution in [2.24, 2.45) is 0 Å². The highest BCUT2D eigenvalue weighted by atomic mass is 16.5. The lowest BCUT2D eigenvalue weighted by atomic mass is 9.87. The normalized spacial score (nSPS) is 12.3. The lowest BCUT2D eigenvalue weighted by Gasteiger charge is -2.19. The first-order valence-electron chi connectivity index (χ1n) is 8.96. The molecule has 4 heteroatoms. The topological polar surface area (TPSA) is 47.6 Å². The van der Waals surface area contributed by atoms with Gasteiger partial charge in [0.15, 0.2) is 6.61 Å².